The zero-order chi connectivity index (χ0) is 33.7. The van der Waals surface area contributed by atoms with Gasteiger partial charge in [0, 0.05) is 5.56 Å². The number of carbonyl (C=O) groups is 2. The van der Waals surface area contributed by atoms with Crippen LogP contribution in [0.15, 0.2) is 85.5 Å². The monoisotopic (exact) mass is 642 g/mol. The first-order valence-electron chi connectivity index (χ1n) is 14.8. The Morgan fingerprint density at radius 3 is 2.38 bits per heavy atom. The van der Waals surface area contributed by atoms with Crippen molar-refractivity contribution in [1.29, 1.82) is 0 Å². The number of amides is 1. The van der Waals surface area contributed by atoms with E-state index in [1.165, 1.54) is 0 Å². The molecule has 244 valence electrons. The number of benzene rings is 3. The zero-order valence-electron chi connectivity index (χ0n) is 26.5. The molecule has 0 unspecified atom stereocenters. The topological polar surface area (TPSA) is 168 Å². The molecule has 2 heterocycles. The highest BCUT2D eigenvalue weighted by atomic mass is 16.6. The molecule has 0 atom stereocenters. The number of esters is 1. The summed E-state index contributed by atoms with van der Waals surface area (Å²) >= 11 is 0. The number of imidazole rings is 1. The largest absolute Gasteiger partial charge is 0.519 e. The molecule has 0 saturated heterocycles. The molecule has 13 nitrogen and oxygen atoms in total. The second kappa shape index (κ2) is 13.6. The lowest BCUT2D eigenvalue weighted by atomic mass is 9.98. The average molecular weight is 643 g/mol. The number of aryl methyl sites for hydroxylation is 1. The molecule has 13 heteroatoms. The van der Waals surface area contributed by atoms with E-state index in [9.17, 15) is 19.6 Å². The summed E-state index contributed by atoms with van der Waals surface area (Å²) in [6.07, 6.45) is -0.750. The molecule has 5 aromatic rings. The Bertz CT molecular complexity index is 2000. The maximum Gasteiger partial charge on any atom is 0.519 e. The Hall–Kier alpha value is -5.85. The molecule has 0 aliphatic carbocycles. The minimum Gasteiger partial charge on any atom is -0.465 e. The number of rotatable bonds is 9. The van der Waals surface area contributed by atoms with Gasteiger partial charge in [-0.3, -0.25) is 9.88 Å². The van der Waals surface area contributed by atoms with Crippen LogP contribution in [0.5, 0.6) is 6.01 Å². The first kappa shape index (κ1) is 32.5. The lowest BCUT2D eigenvalue weighted by molar-refractivity contribution is 0.0444. The molecule has 2 N–H and O–H groups in total. The average Bonchev–Trinajstić information content (AvgIpc) is 3.55. The number of nitrogens with zero attached hydrogens (tertiary/aromatic N) is 3. The number of fused-ring (bicyclic) bond motifs is 1. The van der Waals surface area contributed by atoms with Crippen LogP contribution in [0.1, 0.15) is 60.7 Å². The second-order valence-corrected chi connectivity index (χ2v) is 11.4. The van der Waals surface area contributed by atoms with Crippen molar-refractivity contribution in [2.24, 2.45) is 5.16 Å². The number of amidine groups is 1. The molecule has 0 bridgehead atoms. The first-order valence-corrected chi connectivity index (χ1v) is 14.8. The predicted octanol–water partition coefficient (Wildman–Crippen LogP) is 6.02. The van der Waals surface area contributed by atoms with E-state index in [0.717, 1.165) is 11.1 Å². The molecule has 0 saturated carbocycles. The van der Waals surface area contributed by atoms with Crippen LogP contribution in [0.3, 0.4) is 0 Å². The Kier molecular flexibility index (Phi) is 9.45. The van der Waals surface area contributed by atoms with Crippen molar-refractivity contribution < 1.29 is 37.8 Å². The van der Waals surface area contributed by atoms with E-state index >= 15 is 0 Å². The van der Waals surface area contributed by atoms with Gasteiger partial charge in [-0.15, -0.1) is 0 Å². The van der Waals surface area contributed by atoms with Crippen molar-refractivity contribution in [3.63, 3.8) is 0 Å². The molecule has 1 amide bonds. The number of oxime groups is 1. The van der Waals surface area contributed by atoms with E-state index in [-0.39, 0.29) is 29.5 Å². The van der Waals surface area contributed by atoms with Crippen LogP contribution in [-0.2, 0) is 22.6 Å². The van der Waals surface area contributed by atoms with Gasteiger partial charge in [0.2, 0.25) is 0 Å². The minimum atomic E-state index is -0.871. The van der Waals surface area contributed by atoms with Crippen LogP contribution in [0.2, 0.25) is 0 Å². The molecule has 3 aromatic carbocycles. The SMILES string of the molecule is CCOc1nc2cccc(C(=O)OCc3oc(=O)oc3C)c2n1Cc1ccc(-c2ccccc2/C(=N\O)NC(=O)OC(C)(C)C)cc1. The summed E-state index contributed by atoms with van der Waals surface area (Å²) in [4.78, 5) is 41.7. The molecular weight excluding hydrogens is 608 g/mol. The summed E-state index contributed by atoms with van der Waals surface area (Å²) in [6.45, 7) is 8.97. The summed E-state index contributed by atoms with van der Waals surface area (Å²) in [6, 6.07) is 20.2. The number of hydrogen-bond donors (Lipinski definition) is 2. The van der Waals surface area contributed by atoms with Crippen molar-refractivity contribution in [3.8, 4) is 17.1 Å². The Labute approximate surface area is 269 Å². The molecule has 0 aliphatic rings. The standard InChI is InChI=1S/C34H34N4O9/c1-6-43-31-35-26-13-9-12-25(30(39)44-19-27-20(2)45-33(41)46-27)28(26)38(31)18-21-14-16-22(17-15-21)23-10-7-8-11-24(23)29(37-42)36-32(40)47-34(3,4)5/h7-17,42H,6,18-19H2,1-5H3,(H,36,37,40). The summed E-state index contributed by atoms with van der Waals surface area (Å²) < 4.78 is 28.2. The molecule has 0 aliphatic heterocycles. The number of ether oxygens (including phenoxy) is 3. The van der Waals surface area contributed by atoms with Gasteiger partial charge in [0.25, 0.3) is 6.01 Å². The number of hydrogen-bond acceptors (Lipinski definition) is 11. The highest BCUT2D eigenvalue weighted by Gasteiger charge is 2.23. The van der Waals surface area contributed by atoms with Crippen molar-refractivity contribution in [3.05, 3.63) is 106 Å². The molecule has 47 heavy (non-hydrogen) atoms. The van der Waals surface area contributed by atoms with Gasteiger partial charge in [-0.1, -0.05) is 59.8 Å². The van der Waals surface area contributed by atoms with Crippen LogP contribution in [0, 0.1) is 6.92 Å². The van der Waals surface area contributed by atoms with Crippen LogP contribution in [0.4, 0.5) is 4.79 Å². The van der Waals surface area contributed by atoms with Crippen LogP contribution in [-0.4, -0.2) is 44.9 Å². The van der Waals surface area contributed by atoms with Crippen molar-refractivity contribution in [1.82, 2.24) is 14.9 Å². The van der Waals surface area contributed by atoms with E-state index in [0.29, 0.717) is 41.3 Å². The van der Waals surface area contributed by atoms with Crippen molar-refractivity contribution in [2.75, 3.05) is 6.61 Å². The predicted molar refractivity (Wildman–Crippen MR) is 171 cm³/mol. The number of para-hydroxylation sites is 1. The van der Waals surface area contributed by atoms with Gasteiger partial charge in [0.15, 0.2) is 24.0 Å². The quantitative estimate of drug-likeness (QED) is 0.0637. The van der Waals surface area contributed by atoms with Gasteiger partial charge in [-0.2, -0.15) is 4.98 Å². The van der Waals surface area contributed by atoms with E-state index < -0.39 is 23.5 Å². The van der Waals surface area contributed by atoms with E-state index in [1.807, 2.05) is 43.3 Å². The zero-order valence-corrected chi connectivity index (χ0v) is 26.5. The third-order valence-electron chi connectivity index (χ3n) is 6.90. The Morgan fingerprint density at radius 2 is 1.72 bits per heavy atom. The number of alkyl carbamates (subject to hydrolysis) is 1. The van der Waals surface area contributed by atoms with E-state index in [1.54, 1.807) is 62.6 Å². The van der Waals surface area contributed by atoms with Gasteiger partial charge in [-0.25, -0.2) is 14.4 Å². The molecule has 0 radical (unpaired) electrons. The van der Waals surface area contributed by atoms with E-state index in [4.69, 9.17) is 23.0 Å². The van der Waals surface area contributed by atoms with E-state index in [2.05, 4.69) is 15.5 Å². The fraction of sp³-hybridized carbons (Fsp3) is 0.265. The molecule has 0 fully saturated rings. The van der Waals surface area contributed by atoms with Gasteiger partial charge >= 0.3 is 17.9 Å². The van der Waals surface area contributed by atoms with Crippen LogP contribution < -0.4 is 15.9 Å². The second-order valence-electron chi connectivity index (χ2n) is 11.4. The fourth-order valence-corrected chi connectivity index (χ4v) is 4.89. The maximum atomic E-state index is 13.3. The lowest BCUT2D eigenvalue weighted by Gasteiger charge is -2.20. The first-order chi connectivity index (χ1) is 22.5. The van der Waals surface area contributed by atoms with Crippen molar-refractivity contribution >= 4 is 28.9 Å². The summed E-state index contributed by atoms with van der Waals surface area (Å²) in [5.74, 6) is -1.22. The summed E-state index contributed by atoms with van der Waals surface area (Å²) in [7, 11) is 0. The van der Waals surface area contributed by atoms with Crippen molar-refractivity contribution in [2.45, 2.75) is 53.4 Å². The van der Waals surface area contributed by atoms with Crippen LogP contribution >= 0.6 is 0 Å². The highest BCUT2D eigenvalue weighted by molar-refractivity contribution is 6.10. The number of aromatic nitrogens is 2. The Balaban J connectivity index is 1.43. The molecule has 0 spiro atoms. The number of nitrogens with one attached hydrogen (secondary N) is 1. The number of carbonyl (C=O) groups excluding carboxylic acids is 2. The maximum absolute atomic E-state index is 13.3. The molecule has 2 aromatic heterocycles. The minimum absolute atomic E-state index is 0.0605. The Morgan fingerprint density at radius 1 is 1.00 bits per heavy atom. The lowest BCUT2D eigenvalue weighted by Crippen LogP contribution is -2.37. The summed E-state index contributed by atoms with van der Waals surface area (Å²) in [5.41, 5.74) is 3.42. The van der Waals surface area contributed by atoms with Gasteiger partial charge in [-0.05, 0) is 63.4 Å². The normalized spacial score (nSPS) is 11.8. The summed E-state index contributed by atoms with van der Waals surface area (Å²) in [5, 5.41) is 15.6. The third kappa shape index (κ3) is 7.52. The van der Waals surface area contributed by atoms with Gasteiger partial charge in [0.05, 0.1) is 29.7 Å². The smallest absolute Gasteiger partial charge is 0.465 e. The fourth-order valence-electron chi connectivity index (χ4n) is 4.89. The van der Waals surface area contributed by atoms with Crippen LogP contribution in [0.25, 0.3) is 22.2 Å². The molecular formula is C34H34N4O9. The highest BCUT2D eigenvalue weighted by Crippen LogP contribution is 2.29. The molecule has 5 rings (SSSR count). The van der Waals surface area contributed by atoms with Gasteiger partial charge < -0.3 is 28.3 Å². The van der Waals surface area contributed by atoms with Gasteiger partial charge in [0.1, 0.15) is 5.60 Å². The third-order valence-corrected chi connectivity index (χ3v) is 6.90.